The Morgan fingerprint density at radius 3 is 2.35 bits per heavy atom. The molecular formula is C13H16F3NO4S2. The fourth-order valence-corrected chi connectivity index (χ4v) is 3.11. The van der Waals surface area contributed by atoms with E-state index < -0.39 is 22.4 Å². The quantitative estimate of drug-likeness (QED) is 0.561. The molecule has 0 aliphatic rings. The van der Waals surface area contributed by atoms with Gasteiger partial charge in [-0.2, -0.15) is 21.6 Å². The van der Waals surface area contributed by atoms with Crippen molar-refractivity contribution in [2.24, 2.45) is 0 Å². The van der Waals surface area contributed by atoms with Gasteiger partial charge >= 0.3 is 22.4 Å². The van der Waals surface area contributed by atoms with Crippen molar-refractivity contribution in [1.29, 1.82) is 0 Å². The van der Waals surface area contributed by atoms with Crippen LogP contribution in [0, 0.1) is 0 Å². The first-order valence-corrected chi connectivity index (χ1v) is 9.09. The summed E-state index contributed by atoms with van der Waals surface area (Å²) in [4.78, 5) is 11.5. The molecule has 10 heteroatoms. The van der Waals surface area contributed by atoms with Crippen LogP contribution in [0.2, 0.25) is 0 Å². The molecular weight excluding hydrogens is 355 g/mol. The van der Waals surface area contributed by atoms with Gasteiger partial charge in [-0.1, -0.05) is 19.8 Å². The fourth-order valence-electron chi connectivity index (χ4n) is 1.45. The Morgan fingerprint density at radius 1 is 1.22 bits per heavy atom. The second-order valence-corrected chi connectivity index (χ2v) is 6.94. The van der Waals surface area contributed by atoms with E-state index >= 15 is 0 Å². The van der Waals surface area contributed by atoms with Crippen LogP contribution in [0.3, 0.4) is 0 Å². The van der Waals surface area contributed by atoms with E-state index in [9.17, 15) is 26.4 Å². The summed E-state index contributed by atoms with van der Waals surface area (Å²) >= 11 is 1.58. The minimum Gasteiger partial charge on any atom is -0.367 e. The molecule has 23 heavy (non-hydrogen) atoms. The number of amides is 1. The average Bonchev–Trinajstić information content (AvgIpc) is 2.43. The van der Waals surface area contributed by atoms with Gasteiger partial charge in [0.2, 0.25) is 0 Å². The lowest BCUT2D eigenvalue weighted by Gasteiger charge is -2.10. The van der Waals surface area contributed by atoms with E-state index in [2.05, 4.69) is 11.1 Å². The number of hydrogen-bond donors (Lipinski definition) is 1. The highest BCUT2D eigenvalue weighted by Gasteiger charge is 2.41. The lowest BCUT2D eigenvalue weighted by atomic mass is 10.3. The third kappa shape index (κ3) is 7.60. The Hall–Kier alpha value is -1.42. The first-order valence-electron chi connectivity index (χ1n) is 6.70. The van der Waals surface area contributed by atoms with E-state index in [1.165, 1.54) is 12.1 Å². The van der Waals surface area contributed by atoms with Gasteiger partial charge in [0.05, 0.1) is 0 Å². The summed E-state index contributed by atoms with van der Waals surface area (Å²) in [6.07, 6.45) is -2.03. The minimum absolute atomic E-state index is 0.189. The Balaban J connectivity index is 2.58. The first-order chi connectivity index (χ1) is 10.6. The molecule has 0 saturated heterocycles. The number of unbranched alkanes of at least 4 members (excludes halogenated alkanes) is 2. The molecule has 1 aromatic rings. The number of rotatable bonds is 8. The zero-order valence-electron chi connectivity index (χ0n) is 12.2. The molecule has 0 heterocycles. The molecule has 130 valence electrons. The van der Waals surface area contributed by atoms with E-state index in [-0.39, 0.29) is 5.75 Å². The maximum absolute atomic E-state index is 12.0. The number of carbonyl (C=O) groups excluding carboxylic acids is 1. The molecule has 0 aromatic heterocycles. The number of carbonyl (C=O) groups is 1. The van der Waals surface area contributed by atoms with Gasteiger partial charge < -0.3 is 4.18 Å². The highest BCUT2D eigenvalue weighted by molar-refractivity contribution is 7.99. The molecule has 0 aliphatic carbocycles. The molecule has 0 atom stereocenters. The zero-order valence-corrected chi connectivity index (χ0v) is 13.9. The van der Waals surface area contributed by atoms with Gasteiger partial charge in [-0.15, -0.1) is 11.8 Å². The summed E-state index contributed by atoms with van der Waals surface area (Å²) in [5.74, 6) is -1.89. The number of thioether (sulfide) groups is 1. The largest absolute Gasteiger partial charge is 0.472 e. The van der Waals surface area contributed by atoms with Crippen molar-refractivity contribution in [3.8, 4) is 5.75 Å². The Labute approximate surface area is 136 Å². The predicted molar refractivity (Wildman–Crippen MR) is 80.4 cm³/mol. The number of nitrogens with one attached hydrogen (secondary N) is 1. The van der Waals surface area contributed by atoms with E-state index in [1.54, 1.807) is 23.9 Å². The highest BCUT2D eigenvalue weighted by atomic mass is 32.2. The SMILES string of the molecule is CCCCCSc1ccc(OS(=O)(=O)NC(=O)C(F)(F)F)cc1. The summed E-state index contributed by atoms with van der Waals surface area (Å²) in [5.41, 5.74) is 0. The number of hydrogen-bond acceptors (Lipinski definition) is 5. The third-order valence-electron chi connectivity index (χ3n) is 2.52. The molecule has 0 unspecified atom stereocenters. The summed E-state index contributed by atoms with van der Waals surface area (Å²) in [5, 5.41) is 0. The van der Waals surface area contributed by atoms with Crippen molar-refractivity contribution in [3.63, 3.8) is 0 Å². The lowest BCUT2D eigenvalue weighted by molar-refractivity contribution is -0.171. The zero-order chi connectivity index (χ0) is 17.5. The molecule has 0 aliphatic heterocycles. The topological polar surface area (TPSA) is 72.5 Å². The van der Waals surface area contributed by atoms with Gasteiger partial charge in [-0.25, -0.2) is 4.72 Å². The molecule has 1 amide bonds. The average molecular weight is 371 g/mol. The molecule has 1 aromatic carbocycles. The monoisotopic (exact) mass is 371 g/mol. The second-order valence-electron chi connectivity index (χ2n) is 4.49. The third-order valence-corrected chi connectivity index (χ3v) is 4.47. The standard InChI is InChI=1S/C13H16F3NO4S2/c1-2-3-4-9-22-11-7-5-10(6-8-11)21-23(19,20)17-12(18)13(14,15)16/h5-8H,2-4,9H2,1H3,(H,17,18). The van der Waals surface area contributed by atoms with Crippen LogP contribution < -0.4 is 8.91 Å². The Morgan fingerprint density at radius 2 is 1.83 bits per heavy atom. The normalized spacial score (nSPS) is 12.0. The summed E-state index contributed by atoms with van der Waals surface area (Å²) < 4.78 is 63.9. The maximum atomic E-state index is 12.0. The molecule has 0 saturated carbocycles. The molecule has 0 spiro atoms. The van der Waals surface area contributed by atoms with E-state index in [4.69, 9.17) is 0 Å². The van der Waals surface area contributed by atoms with Crippen molar-refractivity contribution >= 4 is 28.0 Å². The molecule has 0 bridgehead atoms. The van der Waals surface area contributed by atoms with Gasteiger partial charge in [0.15, 0.2) is 0 Å². The van der Waals surface area contributed by atoms with Gasteiger partial charge in [-0.05, 0) is 36.4 Å². The van der Waals surface area contributed by atoms with E-state index in [0.29, 0.717) is 0 Å². The van der Waals surface area contributed by atoms with Gasteiger partial charge in [0, 0.05) is 4.90 Å². The Bertz CT molecular complexity index is 615. The second kappa shape index (κ2) is 8.44. The molecule has 0 radical (unpaired) electrons. The van der Waals surface area contributed by atoms with E-state index in [0.717, 1.165) is 34.6 Å². The Kier molecular flexibility index (Phi) is 7.20. The van der Waals surface area contributed by atoms with Crippen LogP contribution in [0.1, 0.15) is 26.2 Å². The van der Waals surface area contributed by atoms with Gasteiger partial charge in [0.1, 0.15) is 5.75 Å². The van der Waals surface area contributed by atoms with Gasteiger partial charge in [-0.3, -0.25) is 4.79 Å². The van der Waals surface area contributed by atoms with Crippen LogP contribution in [0.5, 0.6) is 5.75 Å². The van der Waals surface area contributed by atoms with Crippen molar-refractivity contribution in [2.75, 3.05) is 5.75 Å². The van der Waals surface area contributed by atoms with Crippen LogP contribution in [0.15, 0.2) is 29.2 Å². The van der Waals surface area contributed by atoms with E-state index in [1.807, 2.05) is 0 Å². The van der Waals surface area contributed by atoms with Crippen LogP contribution in [0.25, 0.3) is 0 Å². The molecule has 5 nitrogen and oxygen atoms in total. The lowest BCUT2D eigenvalue weighted by Crippen LogP contribution is -2.42. The van der Waals surface area contributed by atoms with Crippen LogP contribution in [-0.2, 0) is 15.1 Å². The first kappa shape index (κ1) is 19.6. The van der Waals surface area contributed by atoms with Crippen molar-refractivity contribution < 1.29 is 30.6 Å². The van der Waals surface area contributed by atoms with Crippen LogP contribution >= 0.6 is 11.8 Å². The van der Waals surface area contributed by atoms with Crippen molar-refractivity contribution in [3.05, 3.63) is 24.3 Å². The van der Waals surface area contributed by atoms with Crippen LogP contribution in [-0.4, -0.2) is 26.3 Å². The van der Waals surface area contributed by atoms with Crippen molar-refractivity contribution in [1.82, 2.24) is 4.72 Å². The summed E-state index contributed by atoms with van der Waals surface area (Å²) in [6.45, 7) is 2.09. The molecule has 0 fully saturated rings. The van der Waals surface area contributed by atoms with Crippen molar-refractivity contribution in [2.45, 2.75) is 37.3 Å². The minimum atomic E-state index is -5.31. The summed E-state index contributed by atoms with van der Waals surface area (Å²) in [7, 11) is -4.88. The fraction of sp³-hybridized carbons (Fsp3) is 0.462. The smallest absolute Gasteiger partial charge is 0.367 e. The highest BCUT2D eigenvalue weighted by Crippen LogP contribution is 2.23. The predicted octanol–water partition coefficient (Wildman–Crippen LogP) is 3.27. The maximum Gasteiger partial charge on any atom is 0.472 e. The molecule has 1 N–H and O–H groups in total. The summed E-state index contributed by atoms with van der Waals surface area (Å²) in [6, 6.07) is 5.79. The number of halogens is 3. The van der Waals surface area contributed by atoms with Crippen LogP contribution in [0.4, 0.5) is 13.2 Å². The number of alkyl halides is 3. The van der Waals surface area contributed by atoms with Gasteiger partial charge in [0.25, 0.3) is 0 Å². The molecule has 1 rings (SSSR count). The number of benzene rings is 1.